The molecule has 1 atom stereocenters. The summed E-state index contributed by atoms with van der Waals surface area (Å²) in [6.45, 7) is 3.80. The van der Waals surface area contributed by atoms with Crippen LogP contribution >= 0.6 is 0 Å². The van der Waals surface area contributed by atoms with Crippen molar-refractivity contribution in [3.05, 3.63) is 48.0 Å². The smallest absolute Gasteiger partial charge is 0.322 e. The Bertz CT molecular complexity index is 860. The van der Waals surface area contributed by atoms with E-state index < -0.39 is 11.6 Å². The molecular weight excluding hydrogens is 377 g/mol. The standard InChI is InChI=1S/C20H26FN5O3/c1-24-12-16(11-22-24)13-25-7-4-9-28-20(14-25)15-26(8-10-29-20)19(27)23-18-6-3-2-5-17(18)21/h2-3,5-6,11-12H,4,7-10,13-15H2,1H3,(H,23,27). The number of morpholine rings is 1. The van der Waals surface area contributed by atoms with Crippen LogP contribution in [0, 0.1) is 5.82 Å². The van der Waals surface area contributed by atoms with Crippen molar-refractivity contribution in [1.82, 2.24) is 19.6 Å². The quantitative estimate of drug-likeness (QED) is 0.849. The first kappa shape index (κ1) is 19.8. The SMILES string of the molecule is Cn1cc(CN2CCCOC3(C2)CN(C(=O)Nc2ccccc2F)CCO3)cn1. The van der Waals surface area contributed by atoms with E-state index in [2.05, 4.69) is 15.3 Å². The van der Waals surface area contributed by atoms with Crippen molar-refractivity contribution in [3.63, 3.8) is 0 Å². The maximum absolute atomic E-state index is 13.9. The highest BCUT2D eigenvalue weighted by molar-refractivity contribution is 5.89. The minimum absolute atomic E-state index is 0.165. The van der Waals surface area contributed by atoms with Gasteiger partial charge in [-0.2, -0.15) is 5.10 Å². The molecule has 2 fully saturated rings. The number of para-hydroxylation sites is 1. The molecule has 2 aliphatic heterocycles. The maximum atomic E-state index is 13.9. The second-order valence-electron chi connectivity index (χ2n) is 7.53. The maximum Gasteiger partial charge on any atom is 0.322 e. The fourth-order valence-electron chi connectivity index (χ4n) is 3.83. The van der Waals surface area contributed by atoms with Crippen molar-refractivity contribution in [3.8, 4) is 0 Å². The highest BCUT2D eigenvalue weighted by Gasteiger charge is 2.42. The van der Waals surface area contributed by atoms with Gasteiger partial charge in [-0.05, 0) is 18.6 Å². The summed E-state index contributed by atoms with van der Waals surface area (Å²) in [4.78, 5) is 16.6. The number of anilines is 1. The largest absolute Gasteiger partial charge is 0.347 e. The molecule has 3 heterocycles. The van der Waals surface area contributed by atoms with Gasteiger partial charge in [-0.15, -0.1) is 0 Å². The van der Waals surface area contributed by atoms with Crippen LogP contribution in [0.4, 0.5) is 14.9 Å². The third-order valence-corrected chi connectivity index (χ3v) is 5.17. The van der Waals surface area contributed by atoms with Gasteiger partial charge in [0.25, 0.3) is 0 Å². The van der Waals surface area contributed by atoms with Crippen LogP contribution in [0.25, 0.3) is 0 Å². The molecule has 0 saturated carbocycles. The lowest BCUT2D eigenvalue weighted by molar-refractivity contribution is -0.260. The monoisotopic (exact) mass is 403 g/mol. The molecule has 0 radical (unpaired) electrons. The first-order valence-corrected chi connectivity index (χ1v) is 9.81. The van der Waals surface area contributed by atoms with Gasteiger partial charge in [0.15, 0.2) is 5.79 Å². The number of aryl methyl sites for hydroxylation is 1. The van der Waals surface area contributed by atoms with Crippen molar-refractivity contribution in [2.45, 2.75) is 18.8 Å². The van der Waals surface area contributed by atoms with E-state index >= 15 is 0 Å². The Morgan fingerprint density at radius 3 is 2.86 bits per heavy atom. The van der Waals surface area contributed by atoms with Gasteiger partial charge in [-0.3, -0.25) is 9.58 Å². The highest BCUT2D eigenvalue weighted by atomic mass is 19.1. The zero-order valence-corrected chi connectivity index (χ0v) is 16.5. The van der Waals surface area contributed by atoms with Gasteiger partial charge in [0, 0.05) is 38.4 Å². The first-order chi connectivity index (χ1) is 14.0. The fourth-order valence-corrected chi connectivity index (χ4v) is 3.83. The second kappa shape index (κ2) is 8.48. The minimum atomic E-state index is -0.885. The van der Waals surface area contributed by atoms with Crippen LogP contribution in [0.1, 0.15) is 12.0 Å². The van der Waals surface area contributed by atoms with E-state index in [1.165, 1.54) is 6.07 Å². The number of aromatic nitrogens is 2. The number of halogens is 1. The molecule has 4 rings (SSSR count). The lowest BCUT2D eigenvalue weighted by atomic mass is 10.2. The third-order valence-electron chi connectivity index (χ3n) is 5.17. The molecule has 1 spiro atoms. The van der Waals surface area contributed by atoms with Gasteiger partial charge in [0.2, 0.25) is 0 Å². The topological polar surface area (TPSA) is 71.9 Å². The average Bonchev–Trinajstić information content (AvgIpc) is 3.01. The highest BCUT2D eigenvalue weighted by Crippen LogP contribution is 2.26. The molecule has 0 aliphatic carbocycles. The molecule has 2 saturated heterocycles. The summed E-state index contributed by atoms with van der Waals surface area (Å²) in [6.07, 6.45) is 4.73. The molecule has 1 N–H and O–H groups in total. The number of urea groups is 1. The van der Waals surface area contributed by atoms with Gasteiger partial charge in [-0.1, -0.05) is 12.1 Å². The summed E-state index contributed by atoms with van der Waals surface area (Å²) in [7, 11) is 1.90. The number of carbonyl (C=O) groups is 1. The van der Waals surface area contributed by atoms with Crippen LogP contribution in [0.15, 0.2) is 36.7 Å². The lowest BCUT2D eigenvalue weighted by Gasteiger charge is -2.43. The van der Waals surface area contributed by atoms with E-state index in [0.29, 0.717) is 26.3 Å². The Balaban J connectivity index is 1.43. The Labute approximate surface area is 169 Å². The number of rotatable bonds is 3. The molecule has 9 heteroatoms. The molecule has 2 amide bonds. The number of hydrogen-bond donors (Lipinski definition) is 1. The molecule has 1 aromatic carbocycles. The van der Waals surface area contributed by atoms with Gasteiger partial charge >= 0.3 is 6.03 Å². The molecule has 156 valence electrons. The predicted molar refractivity (Wildman–Crippen MR) is 105 cm³/mol. The third kappa shape index (κ3) is 4.75. The van der Waals surface area contributed by atoms with Crippen molar-refractivity contribution >= 4 is 11.7 Å². The summed E-state index contributed by atoms with van der Waals surface area (Å²) in [6, 6.07) is 5.78. The number of nitrogens with zero attached hydrogens (tertiary/aromatic N) is 4. The zero-order valence-electron chi connectivity index (χ0n) is 16.5. The van der Waals surface area contributed by atoms with Crippen molar-refractivity contribution in [1.29, 1.82) is 0 Å². The fraction of sp³-hybridized carbons (Fsp3) is 0.500. The number of amides is 2. The average molecular weight is 403 g/mol. The predicted octanol–water partition coefficient (Wildman–Crippen LogP) is 2.04. The first-order valence-electron chi connectivity index (χ1n) is 9.81. The van der Waals surface area contributed by atoms with E-state index in [1.807, 2.05) is 19.4 Å². The molecule has 1 aromatic heterocycles. The van der Waals surface area contributed by atoms with Gasteiger partial charge in [0.05, 0.1) is 38.2 Å². The van der Waals surface area contributed by atoms with Crippen molar-refractivity contribution < 1.29 is 18.7 Å². The summed E-state index contributed by atoms with van der Waals surface area (Å²) in [5.41, 5.74) is 1.28. The van der Waals surface area contributed by atoms with Crippen LogP contribution in [0.3, 0.4) is 0 Å². The van der Waals surface area contributed by atoms with E-state index in [-0.39, 0.29) is 18.3 Å². The van der Waals surface area contributed by atoms with E-state index in [4.69, 9.17) is 9.47 Å². The molecule has 1 unspecified atom stereocenters. The Morgan fingerprint density at radius 2 is 2.07 bits per heavy atom. The van der Waals surface area contributed by atoms with E-state index in [1.54, 1.807) is 27.8 Å². The minimum Gasteiger partial charge on any atom is -0.347 e. The van der Waals surface area contributed by atoms with Crippen LogP contribution in [0.5, 0.6) is 0 Å². The Morgan fingerprint density at radius 1 is 1.24 bits per heavy atom. The van der Waals surface area contributed by atoms with Crippen molar-refractivity contribution in [2.75, 3.05) is 44.7 Å². The molecule has 0 bridgehead atoms. The number of benzene rings is 1. The van der Waals surface area contributed by atoms with E-state index in [0.717, 1.165) is 25.1 Å². The van der Waals surface area contributed by atoms with Crippen LogP contribution in [-0.2, 0) is 23.1 Å². The van der Waals surface area contributed by atoms with Crippen LogP contribution in [-0.4, -0.2) is 70.8 Å². The number of carbonyl (C=O) groups excluding carboxylic acids is 1. The molecule has 29 heavy (non-hydrogen) atoms. The van der Waals surface area contributed by atoms with Gasteiger partial charge in [0.1, 0.15) is 5.82 Å². The second-order valence-corrected chi connectivity index (χ2v) is 7.53. The van der Waals surface area contributed by atoms with E-state index in [9.17, 15) is 9.18 Å². The summed E-state index contributed by atoms with van der Waals surface area (Å²) >= 11 is 0. The summed E-state index contributed by atoms with van der Waals surface area (Å²) in [5, 5.41) is 6.88. The van der Waals surface area contributed by atoms with Crippen LogP contribution in [0.2, 0.25) is 0 Å². The summed E-state index contributed by atoms with van der Waals surface area (Å²) < 4.78 is 27.8. The van der Waals surface area contributed by atoms with Gasteiger partial charge in [-0.25, -0.2) is 9.18 Å². The lowest BCUT2D eigenvalue weighted by Crippen LogP contribution is -2.59. The molecule has 8 nitrogen and oxygen atoms in total. The Hall–Kier alpha value is -2.49. The normalized spacial score (nSPS) is 23.2. The van der Waals surface area contributed by atoms with Gasteiger partial charge < -0.3 is 19.7 Å². The molecular formula is C20H26FN5O3. The van der Waals surface area contributed by atoms with Crippen LogP contribution < -0.4 is 5.32 Å². The number of hydrogen-bond acceptors (Lipinski definition) is 5. The Kier molecular flexibility index (Phi) is 5.79. The molecule has 2 aromatic rings. The number of ether oxygens (including phenoxy) is 2. The van der Waals surface area contributed by atoms with Crippen molar-refractivity contribution in [2.24, 2.45) is 7.05 Å². The summed E-state index contributed by atoms with van der Waals surface area (Å²) in [5.74, 6) is -1.35. The zero-order chi connectivity index (χ0) is 20.3. The number of nitrogens with one attached hydrogen (secondary N) is 1. The molecule has 2 aliphatic rings.